The summed E-state index contributed by atoms with van der Waals surface area (Å²) in [4.78, 5) is 11.7. The smallest absolute Gasteiger partial charge is 0.347 e. The van der Waals surface area contributed by atoms with Gasteiger partial charge in [0.25, 0.3) is 0 Å². The maximum Gasteiger partial charge on any atom is 0.416 e. The number of carbonyl (C=O) groups is 1. The molecule has 0 aliphatic carbocycles. The molecule has 0 aromatic heterocycles. The van der Waals surface area contributed by atoms with E-state index in [1.165, 1.54) is 12.1 Å². The Bertz CT molecular complexity index is 567. The van der Waals surface area contributed by atoms with Crippen LogP contribution >= 0.6 is 0 Å². The highest BCUT2D eigenvalue weighted by Crippen LogP contribution is 2.29. The normalized spacial score (nSPS) is 17.8. The molecule has 8 heteroatoms. The van der Waals surface area contributed by atoms with Gasteiger partial charge in [0.2, 0.25) is 5.91 Å². The number of amides is 1. The Labute approximate surface area is 125 Å². The number of hydrogen-bond donors (Lipinski definition) is 1. The number of hydrazone groups is 1. The SMILES string of the molecule is CC1(CC(=O)NN=Cc2cccc(C(F)(F)F)c2)OCCO1. The van der Waals surface area contributed by atoms with Crippen molar-refractivity contribution in [2.24, 2.45) is 5.10 Å². The van der Waals surface area contributed by atoms with Crippen molar-refractivity contribution in [3.63, 3.8) is 0 Å². The Morgan fingerprint density at radius 1 is 1.41 bits per heavy atom. The maximum atomic E-state index is 12.5. The van der Waals surface area contributed by atoms with E-state index in [0.29, 0.717) is 13.2 Å². The third-order valence-corrected chi connectivity index (χ3v) is 3.00. The third-order valence-electron chi connectivity index (χ3n) is 3.00. The molecule has 120 valence electrons. The zero-order valence-corrected chi connectivity index (χ0v) is 11.8. The van der Waals surface area contributed by atoms with Gasteiger partial charge < -0.3 is 9.47 Å². The van der Waals surface area contributed by atoms with E-state index in [4.69, 9.17) is 9.47 Å². The van der Waals surface area contributed by atoms with Crippen LogP contribution < -0.4 is 5.43 Å². The molecule has 1 aliphatic heterocycles. The van der Waals surface area contributed by atoms with Crippen LogP contribution in [0.4, 0.5) is 13.2 Å². The highest BCUT2D eigenvalue weighted by atomic mass is 19.4. The second-order valence-corrected chi connectivity index (χ2v) is 4.92. The van der Waals surface area contributed by atoms with Gasteiger partial charge in [-0.25, -0.2) is 5.43 Å². The summed E-state index contributed by atoms with van der Waals surface area (Å²) in [7, 11) is 0. The van der Waals surface area contributed by atoms with Gasteiger partial charge in [0.1, 0.15) is 0 Å². The highest BCUT2D eigenvalue weighted by Gasteiger charge is 2.33. The van der Waals surface area contributed by atoms with Crippen LogP contribution in [0.3, 0.4) is 0 Å². The van der Waals surface area contributed by atoms with Crippen LogP contribution in [0, 0.1) is 0 Å². The Balaban J connectivity index is 1.91. The van der Waals surface area contributed by atoms with Gasteiger partial charge in [0.05, 0.1) is 31.4 Å². The molecule has 1 saturated heterocycles. The van der Waals surface area contributed by atoms with Crippen LogP contribution in [0.15, 0.2) is 29.4 Å². The quantitative estimate of drug-likeness (QED) is 0.685. The number of alkyl halides is 3. The lowest BCUT2D eigenvalue weighted by Crippen LogP contribution is -2.33. The number of nitrogens with one attached hydrogen (secondary N) is 1. The van der Waals surface area contributed by atoms with Gasteiger partial charge in [-0.3, -0.25) is 4.79 Å². The summed E-state index contributed by atoms with van der Waals surface area (Å²) in [5, 5.41) is 3.63. The summed E-state index contributed by atoms with van der Waals surface area (Å²) in [6, 6.07) is 4.63. The minimum absolute atomic E-state index is 0.0487. The summed E-state index contributed by atoms with van der Waals surface area (Å²) < 4.78 is 48.2. The predicted molar refractivity (Wildman–Crippen MR) is 72.1 cm³/mol. The molecule has 0 unspecified atom stereocenters. The first-order chi connectivity index (χ1) is 10.3. The van der Waals surface area contributed by atoms with Gasteiger partial charge in [0, 0.05) is 0 Å². The fourth-order valence-corrected chi connectivity index (χ4v) is 1.96. The van der Waals surface area contributed by atoms with Crippen molar-refractivity contribution in [3.05, 3.63) is 35.4 Å². The molecule has 0 saturated carbocycles. The number of ether oxygens (including phenoxy) is 2. The zero-order valence-electron chi connectivity index (χ0n) is 11.8. The maximum absolute atomic E-state index is 12.5. The van der Waals surface area contributed by atoms with E-state index in [0.717, 1.165) is 18.3 Å². The summed E-state index contributed by atoms with van der Waals surface area (Å²) >= 11 is 0. The van der Waals surface area contributed by atoms with Crippen molar-refractivity contribution in [1.82, 2.24) is 5.43 Å². The largest absolute Gasteiger partial charge is 0.416 e. The van der Waals surface area contributed by atoms with E-state index < -0.39 is 23.4 Å². The van der Waals surface area contributed by atoms with E-state index in [1.807, 2.05) is 0 Å². The summed E-state index contributed by atoms with van der Waals surface area (Å²) in [5.41, 5.74) is 1.69. The third kappa shape index (κ3) is 4.54. The van der Waals surface area contributed by atoms with Crippen LogP contribution in [0.1, 0.15) is 24.5 Å². The Morgan fingerprint density at radius 3 is 2.73 bits per heavy atom. The first kappa shape index (κ1) is 16.4. The average Bonchev–Trinajstić information content (AvgIpc) is 2.84. The van der Waals surface area contributed by atoms with Gasteiger partial charge in [0.15, 0.2) is 5.79 Å². The van der Waals surface area contributed by atoms with Crippen LogP contribution in [0.5, 0.6) is 0 Å². The number of rotatable bonds is 4. The number of halogens is 3. The van der Waals surface area contributed by atoms with E-state index in [2.05, 4.69) is 10.5 Å². The van der Waals surface area contributed by atoms with Crippen molar-refractivity contribution in [1.29, 1.82) is 0 Å². The van der Waals surface area contributed by atoms with E-state index in [9.17, 15) is 18.0 Å². The molecule has 1 N–H and O–H groups in total. The molecule has 0 radical (unpaired) electrons. The molecule has 2 rings (SSSR count). The van der Waals surface area contributed by atoms with Crippen molar-refractivity contribution >= 4 is 12.1 Å². The molecule has 0 spiro atoms. The molecule has 1 aliphatic rings. The number of carbonyl (C=O) groups excluding carboxylic acids is 1. The van der Waals surface area contributed by atoms with Gasteiger partial charge in [-0.2, -0.15) is 18.3 Å². The molecule has 22 heavy (non-hydrogen) atoms. The molecule has 1 aromatic rings. The molecule has 0 atom stereocenters. The van der Waals surface area contributed by atoms with E-state index >= 15 is 0 Å². The molecule has 5 nitrogen and oxygen atoms in total. The summed E-state index contributed by atoms with van der Waals surface area (Å²) in [6.07, 6.45) is -3.32. The summed E-state index contributed by atoms with van der Waals surface area (Å²) in [5.74, 6) is -1.43. The number of hydrogen-bond acceptors (Lipinski definition) is 4. The Hall–Kier alpha value is -1.93. The van der Waals surface area contributed by atoms with Gasteiger partial charge in [-0.1, -0.05) is 12.1 Å². The Morgan fingerprint density at radius 2 is 2.09 bits per heavy atom. The fraction of sp³-hybridized carbons (Fsp3) is 0.429. The lowest BCUT2D eigenvalue weighted by atomic mass is 10.1. The Kier molecular flexibility index (Phi) is 4.82. The molecule has 0 bridgehead atoms. The molecule has 1 aromatic carbocycles. The van der Waals surface area contributed by atoms with E-state index in [-0.39, 0.29) is 12.0 Å². The molecule has 1 heterocycles. The topological polar surface area (TPSA) is 59.9 Å². The highest BCUT2D eigenvalue weighted by molar-refractivity contribution is 5.82. The van der Waals surface area contributed by atoms with Gasteiger partial charge in [-0.15, -0.1) is 0 Å². The van der Waals surface area contributed by atoms with Gasteiger partial charge in [-0.05, 0) is 24.6 Å². The van der Waals surface area contributed by atoms with Gasteiger partial charge >= 0.3 is 6.18 Å². The average molecular weight is 316 g/mol. The van der Waals surface area contributed by atoms with Crippen LogP contribution in [-0.4, -0.2) is 31.1 Å². The molecule has 1 fully saturated rings. The van der Waals surface area contributed by atoms with Crippen molar-refractivity contribution in [2.75, 3.05) is 13.2 Å². The van der Waals surface area contributed by atoms with Crippen LogP contribution in [-0.2, 0) is 20.4 Å². The molecular weight excluding hydrogens is 301 g/mol. The first-order valence-electron chi connectivity index (χ1n) is 6.56. The standard InChI is InChI=1S/C14H15F3N2O3/c1-13(21-5-6-22-13)8-12(20)19-18-9-10-3-2-4-11(7-10)14(15,16)17/h2-4,7,9H,5-6,8H2,1H3,(H,19,20). The second-order valence-electron chi connectivity index (χ2n) is 4.92. The second kappa shape index (κ2) is 6.45. The minimum atomic E-state index is -4.42. The first-order valence-corrected chi connectivity index (χ1v) is 6.56. The number of nitrogens with zero attached hydrogens (tertiary/aromatic N) is 1. The summed E-state index contributed by atoms with van der Waals surface area (Å²) in [6.45, 7) is 2.46. The van der Waals surface area contributed by atoms with Crippen LogP contribution in [0.25, 0.3) is 0 Å². The van der Waals surface area contributed by atoms with E-state index in [1.54, 1.807) is 6.92 Å². The zero-order chi connectivity index (χ0) is 16.2. The lowest BCUT2D eigenvalue weighted by molar-refractivity contribution is -0.159. The monoisotopic (exact) mass is 316 g/mol. The molecule has 1 amide bonds. The molecular formula is C14H15F3N2O3. The lowest BCUT2D eigenvalue weighted by Gasteiger charge is -2.20. The van der Waals surface area contributed by atoms with Crippen LogP contribution in [0.2, 0.25) is 0 Å². The van der Waals surface area contributed by atoms with Crippen molar-refractivity contribution < 1.29 is 27.4 Å². The number of benzene rings is 1. The predicted octanol–water partition coefficient (Wildman–Crippen LogP) is 2.31. The fourth-order valence-electron chi connectivity index (χ4n) is 1.96. The van der Waals surface area contributed by atoms with Crippen molar-refractivity contribution in [3.8, 4) is 0 Å². The minimum Gasteiger partial charge on any atom is -0.347 e. The van der Waals surface area contributed by atoms with Crippen molar-refractivity contribution in [2.45, 2.75) is 25.3 Å².